The summed E-state index contributed by atoms with van der Waals surface area (Å²) in [6.45, 7) is 5.38. The minimum atomic E-state index is -1.06. The molecule has 0 aliphatic carbocycles. The lowest BCUT2D eigenvalue weighted by atomic mass is 10.1. The molecule has 0 aliphatic rings. The van der Waals surface area contributed by atoms with Crippen LogP contribution in [-0.4, -0.2) is 23.0 Å². The molecule has 1 amide bonds. The van der Waals surface area contributed by atoms with Gasteiger partial charge in [-0.2, -0.15) is 0 Å². The summed E-state index contributed by atoms with van der Waals surface area (Å²) in [5.74, 6) is -1.35. The van der Waals surface area contributed by atoms with E-state index in [0.717, 1.165) is 11.1 Å². The number of rotatable bonds is 7. The number of amides is 1. The molecule has 0 radical (unpaired) electrons. The van der Waals surface area contributed by atoms with Crippen molar-refractivity contribution >= 4 is 23.5 Å². The number of aryl methyl sites for hydroxylation is 2. The van der Waals surface area contributed by atoms with E-state index in [2.05, 4.69) is 11.9 Å². The second-order valence-electron chi connectivity index (χ2n) is 4.57. The van der Waals surface area contributed by atoms with Gasteiger partial charge in [-0.15, -0.1) is 6.58 Å². The number of carboxylic acid groups (broad SMARTS) is 1. The number of benzene rings is 1. The molecule has 1 atom stereocenters. The third kappa shape index (κ3) is 5.05. The van der Waals surface area contributed by atoms with Gasteiger partial charge >= 0.3 is 5.97 Å². The van der Waals surface area contributed by atoms with Crippen LogP contribution in [-0.2, 0) is 16.0 Å². The Morgan fingerprint density at radius 2 is 2.20 bits per heavy atom. The van der Waals surface area contributed by atoms with Crippen LogP contribution in [0.15, 0.2) is 30.9 Å². The predicted octanol–water partition coefficient (Wildman–Crippen LogP) is 2.73. The van der Waals surface area contributed by atoms with Crippen molar-refractivity contribution in [1.82, 2.24) is 5.32 Å². The first-order chi connectivity index (χ1) is 9.43. The Morgan fingerprint density at radius 3 is 2.75 bits per heavy atom. The predicted molar refractivity (Wildman–Crippen MR) is 78.9 cm³/mol. The van der Waals surface area contributed by atoms with Gasteiger partial charge in [-0.3, -0.25) is 4.79 Å². The van der Waals surface area contributed by atoms with E-state index in [0.29, 0.717) is 11.4 Å². The maximum absolute atomic E-state index is 11.7. The number of carbonyl (C=O) groups excluding carboxylic acids is 1. The first-order valence-corrected chi connectivity index (χ1v) is 6.70. The molecule has 1 unspecified atom stereocenters. The zero-order valence-corrected chi connectivity index (χ0v) is 12.1. The highest BCUT2D eigenvalue weighted by Crippen LogP contribution is 2.17. The number of halogens is 1. The zero-order chi connectivity index (χ0) is 15.1. The van der Waals surface area contributed by atoms with Gasteiger partial charge < -0.3 is 10.4 Å². The van der Waals surface area contributed by atoms with E-state index in [1.807, 2.05) is 25.1 Å². The number of aliphatic carboxylic acids is 1. The van der Waals surface area contributed by atoms with Crippen LogP contribution in [0, 0.1) is 6.92 Å². The molecular formula is C15H18ClNO3. The number of carbonyl (C=O) groups is 2. The molecule has 0 saturated carbocycles. The highest BCUT2D eigenvalue weighted by Gasteiger charge is 2.17. The summed E-state index contributed by atoms with van der Waals surface area (Å²) in [5, 5.41) is 12.1. The van der Waals surface area contributed by atoms with Gasteiger partial charge in [-0.25, -0.2) is 4.79 Å². The minimum Gasteiger partial charge on any atom is -0.480 e. The molecule has 0 bridgehead atoms. The van der Waals surface area contributed by atoms with Gasteiger partial charge in [0, 0.05) is 11.4 Å². The lowest BCUT2D eigenvalue weighted by molar-refractivity contribution is -0.141. The smallest absolute Gasteiger partial charge is 0.326 e. The van der Waals surface area contributed by atoms with Crippen molar-refractivity contribution in [2.75, 3.05) is 0 Å². The molecule has 0 fully saturated rings. The van der Waals surface area contributed by atoms with Crippen LogP contribution in [0.2, 0.25) is 5.02 Å². The van der Waals surface area contributed by atoms with Gasteiger partial charge in [-0.05, 0) is 37.0 Å². The molecule has 4 nitrogen and oxygen atoms in total. The quantitative estimate of drug-likeness (QED) is 0.760. The Morgan fingerprint density at radius 1 is 1.50 bits per heavy atom. The molecule has 108 valence electrons. The van der Waals surface area contributed by atoms with Crippen LogP contribution in [0.1, 0.15) is 24.0 Å². The third-order valence-electron chi connectivity index (χ3n) is 2.91. The number of nitrogens with one attached hydrogen (secondary N) is 1. The molecule has 5 heteroatoms. The summed E-state index contributed by atoms with van der Waals surface area (Å²) >= 11 is 6.01. The van der Waals surface area contributed by atoms with Crippen LogP contribution in [0.3, 0.4) is 0 Å². The van der Waals surface area contributed by atoms with E-state index < -0.39 is 12.0 Å². The Bertz CT molecular complexity index is 514. The first kappa shape index (κ1) is 16.2. The first-order valence-electron chi connectivity index (χ1n) is 6.32. The van der Waals surface area contributed by atoms with E-state index in [4.69, 9.17) is 16.7 Å². The standard InChI is InChI=1S/C15H18ClNO3/c1-3-4-13(15(19)20)17-14(18)8-7-11-6-5-10(2)12(16)9-11/h3,5-6,9,13H,1,4,7-8H2,2H3,(H,17,18)(H,19,20). The van der Waals surface area contributed by atoms with E-state index >= 15 is 0 Å². The fourth-order valence-electron chi connectivity index (χ4n) is 1.70. The summed E-state index contributed by atoms with van der Waals surface area (Å²) in [5.41, 5.74) is 1.93. The third-order valence-corrected chi connectivity index (χ3v) is 3.32. The van der Waals surface area contributed by atoms with Crippen molar-refractivity contribution < 1.29 is 14.7 Å². The Labute approximate surface area is 123 Å². The highest BCUT2D eigenvalue weighted by atomic mass is 35.5. The average molecular weight is 296 g/mol. The van der Waals surface area contributed by atoms with Gasteiger partial charge in [0.1, 0.15) is 6.04 Å². The summed E-state index contributed by atoms with van der Waals surface area (Å²) in [6, 6.07) is 4.71. The number of hydrogen-bond donors (Lipinski definition) is 2. The molecule has 0 saturated heterocycles. The van der Waals surface area contributed by atoms with Crippen LogP contribution < -0.4 is 5.32 Å². The van der Waals surface area contributed by atoms with Gasteiger partial charge in [0.2, 0.25) is 5.91 Å². The average Bonchev–Trinajstić information content (AvgIpc) is 2.39. The molecule has 1 aromatic rings. The molecule has 2 N–H and O–H groups in total. The fraction of sp³-hybridized carbons (Fsp3) is 0.333. The maximum atomic E-state index is 11.7. The van der Waals surface area contributed by atoms with Crippen molar-refractivity contribution in [3.05, 3.63) is 47.0 Å². The zero-order valence-electron chi connectivity index (χ0n) is 11.4. The van der Waals surface area contributed by atoms with E-state index in [9.17, 15) is 9.59 Å². The van der Waals surface area contributed by atoms with Gasteiger partial charge in [0.25, 0.3) is 0 Å². The van der Waals surface area contributed by atoms with E-state index in [1.54, 1.807) is 0 Å². The van der Waals surface area contributed by atoms with Crippen LogP contribution in [0.5, 0.6) is 0 Å². The topological polar surface area (TPSA) is 66.4 Å². The molecule has 20 heavy (non-hydrogen) atoms. The van der Waals surface area contributed by atoms with E-state index in [-0.39, 0.29) is 18.7 Å². The lowest BCUT2D eigenvalue weighted by Crippen LogP contribution is -2.40. The normalized spacial score (nSPS) is 11.7. The molecule has 0 heterocycles. The van der Waals surface area contributed by atoms with Crippen LogP contribution in [0.4, 0.5) is 0 Å². The van der Waals surface area contributed by atoms with Crippen molar-refractivity contribution in [3.63, 3.8) is 0 Å². The monoisotopic (exact) mass is 295 g/mol. The maximum Gasteiger partial charge on any atom is 0.326 e. The molecule has 1 rings (SSSR count). The minimum absolute atomic E-state index is 0.206. The van der Waals surface area contributed by atoms with Crippen molar-refractivity contribution in [2.24, 2.45) is 0 Å². The van der Waals surface area contributed by atoms with Crippen molar-refractivity contribution in [1.29, 1.82) is 0 Å². The number of hydrogen-bond acceptors (Lipinski definition) is 2. The van der Waals surface area contributed by atoms with Crippen LogP contribution >= 0.6 is 11.6 Å². The summed E-state index contributed by atoms with van der Waals surface area (Å²) in [7, 11) is 0. The SMILES string of the molecule is C=CCC(NC(=O)CCc1ccc(C)c(Cl)c1)C(=O)O. The van der Waals surface area contributed by atoms with E-state index in [1.165, 1.54) is 6.08 Å². The largest absolute Gasteiger partial charge is 0.480 e. The van der Waals surface area contributed by atoms with Gasteiger partial charge in [0.05, 0.1) is 0 Å². The van der Waals surface area contributed by atoms with Crippen molar-refractivity contribution in [3.8, 4) is 0 Å². The molecular weight excluding hydrogens is 278 g/mol. The summed E-state index contributed by atoms with van der Waals surface area (Å²) < 4.78 is 0. The highest BCUT2D eigenvalue weighted by molar-refractivity contribution is 6.31. The van der Waals surface area contributed by atoms with Crippen LogP contribution in [0.25, 0.3) is 0 Å². The summed E-state index contributed by atoms with van der Waals surface area (Å²) in [6.07, 6.45) is 2.42. The van der Waals surface area contributed by atoms with Gasteiger partial charge in [-0.1, -0.05) is 29.8 Å². The summed E-state index contributed by atoms with van der Waals surface area (Å²) in [4.78, 5) is 22.6. The molecule has 0 aliphatic heterocycles. The Balaban J connectivity index is 2.52. The molecule has 0 aromatic heterocycles. The lowest BCUT2D eigenvalue weighted by Gasteiger charge is -2.12. The fourth-order valence-corrected chi connectivity index (χ4v) is 1.91. The molecule has 1 aromatic carbocycles. The van der Waals surface area contributed by atoms with Crippen molar-refractivity contribution in [2.45, 2.75) is 32.2 Å². The second kappa shape index (κ2) is 7.70. The molecule has 0 spiro atoms. The second-order valence-corrected chi connectivity index (χ2v) is 4.97. The number of carboxylic acids is 1. The Kier molecular flexibility index (Phi) is 6.25. The van der Waals surface area contributed by atoms with Gasteiger partial charge in [0.15, 0.2) is 0 Å². The Hall–Kier alpha value is -1.81.